The van der Waals surface area contributed by atoms with Gasteiger partial charge >= 0.3 is 0 Å². The summed E-state index contributed by atoms with van der Waals surface area (Å²) < 4.78 is 11.1. The van der Waals surface area contributed by atoms with E-state index in [1.807, 2.05) is 17.8 Å². The van der Waals surface area contributed by atoms with Crippen molar-refractivity contribution in [2.24, 2.45) is 4.99 Å². The van der Waals surface area contributed by atoms with E-state index in [2.05, 4.69) is 36.6 Å². The number of benzene rings is 1. The first-order valence-electron chi connectivity index (χ1n) is 8.73. The summed E-state index contributed by atoms with van der Waals surface area (Å²) in [5.41, 5.74) is 1.24. The number of aliphatic imine (C=N–C) groups is 1. The lowest BCUT2D eigenvalue weighted by Crippen LogP contribution is -2.39. The van der Waals surface area contributed by atoms with E-state index in [1.165, 1.54) is 24.2 Å². The topological polar surface area (TPSA) is 54.9 Å². The second-order valence-corrected chi connectivity index (χ2v) is 8.14. The number of nitrogens with one attached hydrogen (secondary N) is 2. The van der Waals surface area contributed by atoms with Gasteiger partial charge in [0.1, 0.15) is 0 Å². The molecule has 7 heteroatoms. The second kappa shape index (κ2) is 9.75. The fourth-order valence-electron chi connectivity index (χ4n) is 2.97. The Morgan fingerprint density at radius 1 is 1.28 bits per heavy atom. The smallest absolute Gasteiger partial charge is 0.231 e. The van der Waals surface area contributed by atoms with Crippen molar-refractivity contribution in [2.45, 2.75) is 37.9 Å². The Hall–Kier alpha value is -0.830. The summed E-state index contributed by atoms with van der Waals surface area (Å²) >= 11 is 2.05. The van der Waals surface area contributed by atoms with Gasteiger partial charge in [-0.2, -0.15) is 11.8 Å². The van der Waals surface area contributed by atoms with E-state index in [0.717, 1.165) is 43.5 Å². The Balaban J connectivity index is 0.00000225. The third-order valence-electron chi connectivity index (χ3n) is 4.36. The molecule has 2 N–H and O–H groups in total. The van der Waals surface area contributed by atoms with Crippen molar-refractivity contribution in [3.05, 3.63) is 23.8 Å². The number of rotatable bonds is 6. The van der Waals surface area contributed by atoms with Crippen LogP contribution in [0.5, 0.6) is 11.5 Å². The number of ether oxygens (including phenoxy) is 2. The van der Waals surface area contributed by atoms with Crippen molar-refractivity contribution in [3.63, 3.8) is 0 Å². The number of nitrogens with zero attached hydrogens (tertiary/aromatic N) is 1. The lowest BCUT2D eigenvalue weighted by molar-refractivity contribution is 0.174. The lowest BCUT2D eigenvalue weighted by atomic mass is 10.1. The number of thioether (sulfide) groups is 1. The van der Waals surface area contributed by atoms with E-state index in [1.54, 1.807) is 0 Å². The maximum Gasteiger partial charge on any atom is 0.231 e. The number of halogens is 1. The quantitative estimate of drug-likeness (QED) is 0.374. The minimum Gasteiger partial charge on any atom is -0.454 e. The zero-order valence-electron chi connectivity index (χ0n) is 15.0. The van der Waals surface area contributed by atoms with Crippen LogP contribution in [0.1, 0.15) is 32.3 Å². The van der Waals surface area contributed by atoms with E-state index in [0.29, 0.717) is 11.5 Å². The maximum atomic E-state index is 5.43. The number of fused-ring (bicyclic) bond motifs is 1. The zero-order valence-corrected chi connectivity index (χ0v) is 18.1. The summed E-state index contributed by atoms with van der Waals surface area (Å²) in [7, 11) is 0. The summed E-state index contributed by atoms with van der Waals surface area (Å²) in [6.07, 6.45) is 3.50. The molecule has 1 aromatic rings. The van der Waals surface area contributed by atoms with Crippen LogP contribution in [0.3, 0.4) is 0 Å². The lowest BCUT2D eigenvalue weighted by Gasteiger charge is -2.21. The van der Waals surface area contributed by atoms with Crippen LogP contribution < -0.4 is 20.1 Å². The highest BCUT2D eigenvalue weighted by Gasteiger charge is 2.29. The van der Waals surface area contributed by atoms with Crippen LogP contribution in [0, 0.1) is 0 Å². The number of hydrogen-bond donors (Lipinski definition) is 2. The SMILES string of the molecule is CCNC(=NCC1(C)CCCS1)NCCc1ccc2c(c1)OCO2.I. The molecule has 2 aliphatic rings. The Morgan fingerprint density at radius 3 is 2.88 bits per heavy atom. The van der Waals surface area contributed by atoms with Crippen LogP contribution in [-0.4, -0.2) is 42.9 Å². The molecule has 1 fully saturated rings. The summed E-state index contributed by atoms with van der Waals surface area (Å²) in [5.74, 6) is 3.86. The molecule has 2 heterocycles. The van der Waals surface area contributed by atoms with Gasteiger partial charge in [-0.15, -0.1) is 24.0 Å². The Kier molecular flexibility index (Phi) is 7.99. The molecule has 3 rings (SSSR count). The molecule has 0 radical (unpaired) electrons. The van der Waals surface area contributed by atoms with Crippen molar-refractivity contribution in [1.82, 2.24) is 10.6 Å². The van der Waals surface area contributed by atoms with Crippen LogP contribution in [0.4, 0.5) is 0 Å². The summed E-state index contributed by atoms with van der Waals surface area (Å²) in [5, 5.41) is 6.77. The van der Waals surface area contributed by atoms with Gasteiger partial charge in [0.25, 0.3) is 0 Å². The highest BCUT2D eigenvalue weighted by Crippen LogP contribution is 2.37. The van der Waals surface area contributed by atoms with Gasteiger partial charge in [-0.1, -0.05) is 6.07 Å². The molecule has 25 heavy (non-hydrogen) atoms. The molecule has 0 saturated carbocycles. The first-order valence-corrected chi connectivity index (χ1v) is 9.72. The van der Waals surface area contributed by atoms with Crippen molar-refractivity contribution in [1.29, 1.82) is 0 Å². The minimum absolute atomic E-state index is 0. The predicted octanol–water partition coefficient (Wildman–Crippen LogP) is 3.42. The molecule has 0 spiro atoms. The molecule has 1 unspecified atom stereocenters. The highest BCUT2D eigenvalue weighted by molar-refractivity contribution is 14.0. The number of hydrogen-bond acceptors (Lipinski definition) is 4. The van der Waals surface area contributed by atoms with Gasteiger partial charge in [-0.25, -0.2) is 0 Å². The molecule has 0 aliphatic carbocycles. The average Bonchev–Trinajstić information content (AvgIpc) is 3.21. The average molecular weight is 477 g/mol. The maximum absolute atomic E-state index is 5.43. The number of guanidine groups is 1. The summed E-state index contributed by atoms with van der Waals surface area (Å²) in [6.45, 7) is 7.34. The molecule has 5 nitrogen and oxygen atoms in total. The summed E-state index contributed by atoms with van der Waals surface area (Å²) in [4.78, 5) is 4.79. The van der Waals surface area contributed by atoms with Crippen molar-refractivity contribution < 1.29 is 9.47 Å². The molecule has 2 aliphatic heterocycles. The highest BCUT2D eigenvalue weighted by atomic mass is 127. The van der Waals surface area contributed by atoms with Crippen LogP contribution in [0.2, 0.25) is 0 Å². The molecule has 0 aromatic heterocycles. The minimum atomic E-state index is 0. The molecule has 0 amide bonds. The predicted molar refractivity (Wildman–Crippen MR) is 116 cm³/mol. The van der Waals surface area contributed by atoms with Crippen molar-refractivity contribution in [2.75, 3.05) is 32.2 Å². The van der Waals surface area contributed by atoms with Crippen LogP contribution in [-0.2, 0) is 6.42 Å². The molecular formula is C18H28IN3O2S. The molecule has 140 valence electrons. The molecule has 1 atom stereocenters. The molecular weight excluding hydrogens is 449 g/mol. The van der Waals surface area contributed by atoms with Gasteiger partial charge in [0.2, 0.25) is 6.79 Å². The Morgan fingerprint density at radius 2 is 2.12 bits per heavy atom. The standard InChI is InChI=1S/C18H27N3O2S.HI/c1-3-19-17(21-12-18(2)8-4-10-24-18)20-9-7-14-5-6-15-16(11-14)23-13-22-15;/h5-6,11H,3-4,7-10,12-13H2,1-2H3,(H2,19,20,21);1H. The van der Waals surface area contributed by atoms with Crippen LogP contribution in [0.15, 0.2) is 23.2 Å². The Bertz CT molecular complexity index is 592. The van der Waals surface area contributed by atoms with E-state index in [-0.39, 0.29) is 24.0 Å². The molecule has 1 saturated heterocycles. The first kappa shape index (κ1) is 20.5. The normalized spacial score (nSPS) is 21.8. The van der Waals surface area contributed by atoms with Gasteiger partial charge < -0.3 is 20.1 Å². The van der Waals surface area contributed by atoms with E-state index in [9.17, 15) is 0 Å². The van der Waals surface area contributed by atoms with Gasteiger partial charge in [0, 0.05) is 17.8 Å². The van der Waals surface area contributed by atoms with Crippen LogP contribution >= 0.6 is 35.7 Å². The zero-order chi connectivity index (χ0) is 16.8. The van der Waals surface area contributed by atoms with Gasteiger partial charge in [-0.05, 0) is 56.6 Å². The van der Waals surface area contributed by atoms with Crippen molar-refractivity contribution >= 4 is 41.7 Å². The van der Waals surface area contributed by atoms with Gasteiger partial charge in [0.05, 0.1) is 6.54 Å². The third kappa shape index (κ3) is 5.84. The fourth-order valence-corrected chi connectivity index (χ4v) is 4.20. The Labute approximate surface area is 171 Å². The van der Waals surface area contributed by atoms with Gasteiger partial charge in [-0.3, -0.25) is 4.99 Å². The van der Waals surface area contributed by atoms with Crippen LogP contribution in [0.25, 0.3) is 0 Å². The largest absolute Gasteiger partial charge is 0.454 e. The van der Waals surface area contributed by atoms with E-state index >= 15 is 0 Å². The van der Waals surface area contributed by atoms with E-state index < -0.39 is 0 Å². The van der Waals surface area contributed by atoms with Gasteiger partial charge in [0.15, 0.2) is 17.5 Å². The monoisotopic (exact) mass is 477 g/mol. The fraction of sp³-hybridized carbons (Fsp3) is 0.611. The van der Waals surface area contributed by atoms with E-state index in [4.69, 9.17) is 14.5 Å². The third-order valence-corrected chi connectivity index (χ3v) is 5.88. The first-order chi connectivity index (χ1) is 11.7. The molecule has 1 aromatic carbocycles. The van der Waals surface area contributed by atoms with Crippen molar-refractivity contribution in [3.8, 4) is 11.5 Å². The second-order valence-electron chi connectivity index (χ2n) is 6.46. The molecule has 0 bridgehead atoms. The summed E-state index contributed by atoms with van der Waals surface area (Å²) in [6, 6.07) is 6.13.